The molecule has 0 unspecified atom stereocenters. The van der Waals surface area contributed by atoms with E-state index in [0.717, 1.165) is 17.5 Å². The second kappa shape index (κ2) is 4.68. The van der Waals surface area contributed by atoms with Crippen LogP contribution in [0.5, 0.6) is 0 Å². The lowest BCUT2D eigenvalue weighted by atomic mass is 10.1. The highest BCUT2D eigenvalue weighted by atomic mass is 16.4. The quantitative estimate of drug-likeness (QED) is 0.768. The van der Waals surface area contributed by atoms with E-state index in [1.54, 1.807) is 0 Å². The molecule has 0 saturated heterocycles. The largest absolute Gasteiger partial charge is 0.478 e. The lowest BCUT2D eigenvalue weighted by Gasteiger charge is -2.05. The monoisotopic (exact) mass is 206 g/mol. The molecule has 0 fully saturated rings. The minimum absolute atomic E-state index is 0.309. The van der Waals surface area contributed by atoms with Crippen molar-refractivity contribution in [3.05, 3.63) is 29.4 Å². The summed E-state index contributed by atoms with van der Waals surface area (Å²) < 4.78 is 0. The Balaban J connectivity index is 3.04. The molecule has 1 aromatic heterocycles. The molecule has 0 atom stereocenters. The van der Waals surface area contributed by atoms with Crippen LogP contribution in [0.15, 0.2) is 12.1 Å². The van der Waals surface area contributed by atoms with Gasteiger partial charge in [0.15, 0.2) is 5.82 Å². The number of carboxylic acid groups (broad SMARTS) is 1. The van der Waals surface area contributed by atoms with Gasteiger partial charge in [0.2, 0.25) is 0 Å². The van der Waals surface area contributed by atoms with Crippen molar-refractivity contribution >= 4 is 12.0 Å². The van der Waals surface area contributed by atoms with E-state index in [-0.39, 0.29) is 0 Å². The molecule has 15 heavy (non-hydrogen) atoms. The number of nitrogens with zero attached hydrogens (tertiary/aromatic N) is 2. The molecule has 0 aliphatic heterocycles. The van der Waals surface area contributed by atoms with Gasteiger partial charge in [-0.1, -0.05) is 13.8 Å². The molecule has 4 nitrogen and oxygen atoms in total. The van der Waals surface area contributed by atoms with Crippen molar-refractivity contribution < 1.29 is 9.90 Å². The molecule has 80 valence electrons. The second-order valence-electron chi connectivity index (χ2n) is 3.62. The second-order valence-corrected chi connectivity index (χ2v) is 3.62. The summed E-state index contributed by atoms with van der Waals surface area (Å²) in [5, 5.41) is 8.48. The van der Waals surface area contributed by atoms with E-state index in [9.17, 15) is 4.79 Å². The summed E-state index contributed by atoms with van der Waals surface area (Å²) >= 11 is 0. The predicted molar refractivity (Wildman–Crippen MR) is 57.5 cm³/mol. The Kier molecular flexibility index (Phi) is 3.55. The van der Waals surface area contributed by atoms with Crippen molar-refractivity contribution in [1.29, 1.82) is 0 Å². The van der Waals surface area contributed by atoms with Crippen LogP contribution in [0.3, 0.4) is 0 Å². The Labute approximate surface area is 88.7 Å². The maximum atomic E-state index is 10.3. The smallest absolute Gasteiger partial charge is 0.328 e. The van der Waals surface area contributed by atoms with Gasteiger partial charge in [0.1, 0.15) is 0 Å². The van der Waals surface area contributed by atoms with E-state index >= 15 is 0 Å². The minimum atomic E-state index is -0.994. The van der Waals surface area contributed by atoms with Crippen molar-refractivity contribution in [3.8, 4) is 0 Å². The van der Waals surface area contributed by atoms with Gasteiger partial charge < -0.3 is 5.11 Å². The van der Waals surface area contributed by atoms with Crippen LogP contribution in [-0.2, 0) is 4.79 Å². The molecule has 1 aromatic rings. The van der Waals surface area contributed by atoms with E-state index in [0.29, 0.717) is 11.7 Å². The van der Waals surface area contributed by atoms with Crippen LogP contribution in [0.1, 0.15) is 37.0 Å². The SMILES string of the molecule is Cc1cc(C(C)C)nc(/C=C/C(=O)O)n1. The van der Waals surface area contributed by atoms with Gasteiger partial charge in [-0.2, -0.15) is 0 Å². The van der Waals surface area contributed by atoms with Gasteiger partial charge in [-0.3, -0.25) is 0 Å². The number of hydrogen-bond donors (Lipinski definition) is 1. The average molecular weight is 206 g/mol. The zero-order valence-electron chi connectivity index (χ0n) is 9.06. The van der Waals surface area contributed by atoms with E-state index in [1.165, 1.54) is 6.08 Å². The fourth-order valence-electron chi connectivity index (χ4n) is 1.13. The van der Waals surface area contributed by atoms with Gasteiger partial charge in [-0.15, -0.1) is 0 Å². The van der Waals surface area contributed by atoms with Crippen LogP contribution in [0, 0.1) is 6.92 Å². The predicted octanol–water partition coefficient (Wildman–Crippen LogP) is 2.01. The summed E-state index contributed by atoms with van der Waals surface area (Å²) in [6.07, 6.45) is 2.44. The molecule has 0 aliphatic carbocycles. The summed E-state index contributed by atoms with van der Waals surface area (Å²) in [7, 11) is 0. The number of aromatic nitrogens is 2. The van der Waals surface area contributed by atoms with Gasteiger partial charge >= 0.3 is 5.97 Å². The number of carboxylic acids is 1. The van der Waals surface area contributed by atoms with Crippen LogP contribution in [0.2, 0.25) is 0 Å². The van der Waals surface area contributed by atoms with Gasteiger partial charge in [-0.25, -0.2) is 14.8 Å². The standard InChI is InChI=1S/C11H14N2O2/c1-7(2)9-6-8(3)12-10(13-9)4-5-11(14)15/h4-7H,1-3H3,(H,14,15)/b5-4+. The zero-order valence-corrected chi connectivity index (χ0v) is 9.06. The third kappa shape index (κ3) is 3.50. The molecule has 0 saturated carbocycles. The first kappa shape index (κ1) is 11.4. The van der Waals surface area contributed by atoms with E-state index in [1.807, 2.05) is 26.8 Å². The molecule has 0 aromatic carbocycles. The first-order valence-electron chi connectivity index (χ1n) is 4.75. The van der Waals surface area contributed by atoms with Crippen LogP contribution in [-0.4, -0.2) is 21.0 Å². The highest BCUT2D eigenvalue weighted by Crippen LogP contribution is 2.12. The summed E-state index contributed by atoms with van der Waals surface area (Å²) in [6, 6.07) is 1.91. The van der Waals surface area contributed by atoms with Gasteiger partial charge in [0.25, 0.3) is 0 Å². The van der Waals surface area contributed by atoms with Crippen LogP contribution in [0.4, 0.5) is 0 Å². The molecule has 0 amide bonds. The molecule has 4 heteroatoms. The van der Waals surface area contributed by atoms with Crippen LogP contribution >= 0.6 is 0 Å². The molecule has 1 heterocycles. The van der Waals surface area contributed by atoms with Gasteiger partial charge in [0, 0.05) is 17.5 Å². The van der Waals surface area contributed by atoms with E-state index in [4.69, 9.17) is 5.11 Å². The first-order chi connectivity index (χ1) is 6.99. The molecular weight excluding hydrogens is 192 g/mol. The third-order valence-electron chi connectivity index (χ3n) is 1.86. The molecule has 0 aliphatic rings. The minimum Gasteiger partial charge on any atom is -0.478 e. The van der Waals surface area contributed by atoms with E-state index < -0.39 is 5.97 Å². The maximum absolute atomic E-state index is 10.3. The topological polar surface area (TPSA) is 63.1 Å². The Morgan fingerprint density at radius 1 is 1.47 bits per heavy atom. The molecule has 1 rings (SSSR count). The van der Waals surface area contributed by atoms with Gasteiger partial charge in [0.05, 0.1) is 0 Å². The van der Waals surface area contributed by atoms with Crippen molar-refractivity contribution in [3.63, 3.8) is 0 Å². The Morgan fingerprint density at radius 3 is 2.67 bits per heavy atom. The summed E-state index contributed by atoms with van der Waals surface area (Å²) in [4.78, 5) is 18.7. The lowest BCUT2D eigenvalue weighted by molar-refractivity contribution is -0.131. The molecule has 0 spiro atoms. The average Bonchev–Trinajstić information content (AvgIpc) is 2.13. The summed E-state index contributed by atoms with van der Waals surface area (Å²) in [6.45, 7) is 5.94. The maximum Gasteiger partial charge on any atom is 0.328 e. The summed E-state index contributed by atoms with van der Waals surface area (Å²) in [5.74, 6) is -0.240. The van der Waals surface area contributed by atoms with Crippen molar-refractivity contribution in [2.75, 3.05) is 0 Å². The fourth-order valence-corrected chi connectivity index (χ4v) is 1.13. The van der Waals surface area contributed by atoms with Crippen molar-refractivity contribution in [2.24, 2.45) is 0 Å². The Hall–Kier alpha value is -1.71. The zero-order chi connectivity index (χ0) is 11.4. The molecule has 0 radical (unpaired) electrons. The fraction of sp³-hybridized carbons (Fsp3) is 0.364. The molecular formula is C11H14N2O2. The number of aryl methyl sites for hydroxylation is 1. The lowest BCUT2D eigenvalue weighted by Crippen LogP contribution is -1.99. The molecule has 0 bridgehead atoms. The van der Waals surface area contributed by atoms with Crippen LogP contribution in [0.25, 0.3) is 6.08 Å². The van der Waals surface area contributed by atoms with Gasteiger partial charge in [-0.05, 0) is 25.0 Å². The number of aliphatic carboxylic acids is 1. The van der Waals surface area contributed by atoms with Crippen molar-refractivity contribution in [2.45, 2.75) is 26.7 Å². The number of hydrogen-bond acceptors (Lipinski definition) is 3. The summed E-state index contributed by atoms with van der Waals surface area (Å²) in [5.41, 5.74) is 1.77. The normalized spacial score (nSPS) is 11.2. The first-order valence-corrected chi connectivity index (χ1v) is 4.75. The highest BCUT2D eigenvalue weighted by Gasteiger charge is 2.03. The highest BCUT2D eigenvalue weighted by molar-refractivity contribution is 5.84. The third-order valence-corrected chi connectivity index (χ3v) is 1.86. The van der Waals surface area contributed by atoms with Crippen LogP contribution < -0.4 is 0 Å². The number of carbonyl (C=O) groups is 1. The van der Waals surface area contributed by atoms with Crippen molar-refractivity contribution in [1.82, 2.24) is 9.97 Å². The molecule has 1 N–H and O–H groups in total. The Bertz CT molecular complexity index is 398. The number of rotatable bonds is 3. The van der Waals surface area contributed by atoms with E-state index in [2.05, 4.69) is 9.97 Å². The Morgan fingerprint density at radius 2 is 2.13 bits per heavy atom.